The van der Waals surface area contributed by atoms with Gasteiger partial charge in [-0.05, 0) is 72.0 Å². The third kappa shape index (κ3) is 2.90. The summed E-state index contributed by atoms with van der Waals surface area (Å²) in [5.74, 6) is 0. The van der Waals surface area contributed by atoms with Crippen molar-refractivity contribution < 1.29 is 0 Å². The van der Waals surface area contributed by atoms with Gasteiger partial charge in [0.15, 0.2) is 5.15 Å². The lowest BCUT2D eigenvalue weighted by Gasteiger charge is -2.25. The van der Waals surface area contributed by atoms with Crippen LogP contribution in [-0.4, -0.2) is 4.98 Å². The lowest BCUT2D eigenvalue weighted by Crippen LogP contribution is -2.16. The molecule has 2 nitrogen and oxygen atoms in total. The van der Waals surface area contributed by atoms with E-state index in [9.17, 15) is 0 Å². The Labute approximate surface area is 135 Å². The molecule has 3 rings (SSSR count). The van der Waals surface area contributed by atoms with Gasteiger partial charge in [-0.2, -0.15) is 0 Å². The van der Waals surface area contributed by atoms with E-state index in [0.29, 0.717) is 11.2 Å². The minimum atomic E-state index is 0.365. The highest BCUT2D eigenvalue weighted by Crippen LogP contribution is 2.38. The lowest BCUT2D eigenvalue weighted by atomic mass is 9.94. The van der Waals surface area contributed by atoms with Gasteiger partial charge in [-0.1, -0.05) is 11.6 Å². The first kappa shape index (κ1) is 13.6. The van der Waals surface area contributed by atoms with Crippen LogP contribution in [0.2, 0.25) is 5.15 Å². The SMILES string of the molecule is Cc1cnc(Cl)c(NC2CCCc3sc(I)cc32)c1. The smallest absolute Gasteiger partial charge is 0.152 e. The van der Waals surface area contributed by atoms with E-state index < -0.39 is 0 Å². The molecule has 1 N–H and O–H groups in total. The van der Waals surface area contributed by atoms with Crippen LogP contribution in [0.15, 0.2) is 18.3 Å². The van der Waals surface area contributed by atoms with E-state index in [1.54, 1.807) is 6.20 Å². The molecular formula is C14H14ClIN2S. The first-order chi connectivity index (χ1) is 9.13. The van der Waals surface area contributed by atoms with E-state index in [4.69, 9.17) is 11.6 Å². The monoisotopic (exact) mass is 404 g/mol. The molecule has 0 amide bonds. The number of rotatable bonds is 2. The van der Waals surface area contributed by atoms with Crippen molar-refractivity contribution in [3.05, 3.63) is 42.4 Å². The molecule has 1 atom stereocenters. The zero-order valence-electron chi connectivity index (χ0n) is 10.5. The van der Waals surface area contributed by atoms with E-state index in [-0.39, 0.29) is 0 Å². The predicted molar refractivity (Wildman–Crippen MR) is 90.3 cm³/mol. The zero-order chi connectivity index (χ0) is 13.4. The molecule has 0 aromatic carbocycles. The highest BCUT2D eigenvalue weighted by Gasteiger charge is 2.23. The molecule has 19 heavy (non-hydrogen) atoms. The summed E-state index contributed by atoms with van der Waals surface area (Å²) in [6.45, 7) is 2.04. The van der Waals surface area contributed by atoms with Crippen LogP contribution in [0.4, 0.5) is 5.69 Å². The van der Waals surface area contributed by atoms with Gasteiger partial charge in [-0.3, -0.25) is 0 Å². The third-order valence-corrected chi connectivity index (χ3v) is 5.66. The largest absolute Gasteiger partial charge is 0.376 e. The number of nitrogens with one attached hydrogen (secondary N) is 1. The number of aromatic nitrogens is 1. The molecule has 0 saturated heterocycles. The van der Waals surface area contributed by atoms with Gasteiger partial charge >= 0.3 is 0 Å². The number of pyridine rings is 1. The summed E-state index contributed by atoms with van der Waals surface area (Å²) in [5.41, 5.74) is 3.52. The summed E-state index contributed by atoms with van der Waals surface area (Å²) < 4.78 is 1.37. The van der Waals surface area contributed by atoms with Crippen molar-refractivity contribution in [2.24, 2.45) is 0 Å². The molecule has 1 aliphatic carbocycles. The van der Waals surface area contributed by atoms with E-state index in [2.05, 4.69) is 45.0 Å². The van der Waals surface area contributed by atoms with E-state index in [1.807, 2.05) is 18.3 Å². The van der Waals surface area contributed by atoms with Crippen LogP contribution < -0.4 is 5.32 Å². The van der Waals surface area contributed by atoms with Crippen LogP contribution in [0.1, 0.15) is 34.9 Å². The number of fused-ring (bicyclic) bond motifs is 1. The molecule has 0 fully saturated rings. The summed E-state index contributed by atoms with van der Waals surface area (Å²) in [6.07, 6.45) is 5.40. The molecule has 5 heteroatoms. The fraction of sp³-hybridized carbons (Fsp3) is 0.357. The molecule has 0 spiro atoms. The van der Waals surface area contributed by atoms with Crippen LogP contribution >= 0.6 is 45.5 Å². The first-order valence-corrected chi connectivity index (χ1v) is 8.57. The van der Waals surface area contributed by atoms with Gasteiger partial charge in [-0.25, -0.2) is 4.98 Å². The van der Waals surface area contributed by atoms with Crippen molar-refractivity contribution >= 4 is 51.2 Å². The normalized spacial score (nSPS) is 18.2. The van der Waals surface area contributed by atoms with Gasteiger partial charge in [0.05, 0.1) is 14.6 Å². The average molecular weight is 405 g/mol. The Bertz CT molecular complexity index is 611. The highest BCUT2D eigenvalue weighted by atomic mass is 127. The Balaban J connectivity index is 1.90. The van der Waals surface area contributed by atoms with Crippen molar-refractivity contribution in [1.82, 2.24) is 4.98 Å². The van der Waals surface area contributed by atoms with Crippen LogP contribution in [0, 0.1) is 9.81 Å². The van der Waals surface area contributed by atoms with E-state index in [0.717, 1.165) is 17.7 Å². The highest BCUT2D eigenvalue weighted by molar-refractivity contribution is 14.1. The van der Waals surface area contributed by atoms with Crippen LogP contribution in [0.3, 0.4) is 0 Å². The second-order valence-corrected chi connectivity index (χ2v) is 8.26. The van der Waals surface area contributed by atoms with Crippen molar-refractivity contribution in [2.45, 2.75) is 32.2 Å². The number of hydrogen-bond donors (Lipinski definition) is 1. The molecule has 2 heterocycles. The van der Waals surface area contributed by atoms with Crippen molar-refractivity contribution in [1.29, 1.82) is 0 Å². The van der Waals surface area contributed by atoms with Gasteiger partial charge in [0.1, 0.15) is 0 Å². The zero-order valence-corrected chi connectivity index (χ0v) is 14.3. The lowest BCUT2D eigenvalue weighted by molar-refractivity contribution is 0.608. The molecule has 1 aliphatic rings. The standard InChI is InChI=1S/C14H14ClIN2S/c1-8-5-11(14(15)17-7-8)18-10-3-2-4-12-9(10)6-13(16)19-12/h5-7,10,18H,2-4H2,1H3. The van der Waals surface area contributed by atoms with Gasteiger partial charge in [0.2, 0.25) is 0 Å². The third-order valence-electron chi connectivity index (χ3n) is 3.39. The fourth-order valence-electron chi connectivity index (χ4n) is 2.51. The molecule has 0 saturated carbocycles. The molecular weight excluding hydrogens is 391 g/mol. The predicted octanol–water partition coefficient (Wildman–Crippen LogP) is 5.20. The maximum absolute atomic E-state index is 6.18. The summed E-state index contributed by atoms with van der Waals surface area (Å²) >= 11 is 10.5. The first-order valence-electron chi connectivity index (χ1n) is 6.30. The Kier molecular flexibility index (Phi) is 4.01. The van der Waals surface area contributed by atoms with Gasteiger partial charge in [0, 0.05) is 11.1 Å². The minimum absolute atomic E-state index is 0.365. The van der Waals surface area contributed by atoms with Crippen LogP contribution in [0.25, 0.3) is 0 Å². The molecule has 2 aromatic heterocycles. The Hall–Kier alpha value is -0.330. The number of anilines is 1. The number of halogens is 2. The van der Waals surface area contributed by atoms with Gasteiger partial charge in [-0.15, -0.1) is 11.3 Å². The van der Waals surface area contributed by atoms with Crippen molar-refractivity contribution in [3.63, 3.8) is 0 Å². The average Bonchev–Trinajstić information content (AvgIpc) is 2.75. The quantitative estimate of drug-likeness (QED) is 0.550. The van der Waals surface area contributed by atoms with Gasteiger partial charge in [0.25, 0.3) is 0 Å². The topological polar surface area (TPSA) is 24.9 Å². The number of aryl methyl sites for hydroxylation is 2. The molecule has 2 aromatic rings. The molecule has 0 aliphatic heterocycles. The summed E-state index contributed by atoms with van der Waals surface area (Å²) in [5, 5.41) is 4.13. The molecule has 100 valence electrons. The molecule has 1 unspecified atom stereocenters. The Morgan fingerprint density at radius 3 is 3.16 bits per heavy atom. The maximum Gasteiger partial charge on any atom is 0.152 e. The maximum atomic E-state index is 6.18. The molecule has 0 bridgehead atoms. The second-order valence-electron chi connectivity index (χ2n) is 4.87. The van der Waals surface area contributed by atoms with E-state index in [1.165, 1.54) is 26.2 Å². The second kappa shape index (κ2) is 5.58. The van der Waals surface area contributed by atoms with Crippen LogP contribution in [0.5, 0.6) is 0 Å². The molecule has 0 radical (unpaired) electrons. The number of hydrogen-bond acceptors (Lipinski definition) is 3. The van der Waals surface area contributed by atoms with Crippen LogP contribution in [-0.2, 0) is 6.42 Å². The van der Waals surface area contributed by atoms with Crippen molar-refractivity contribution in [3.8, 4) is 0 Å². The summed E-state index contributed by atoms with van der Waals surface area (Å²) in [6, 6.07) is 4.74. The minimum Gasteiger partial charge on any atom is -0.376 e. The fourth-order valence-corrected chi connectivity index (χ4v) is 4.79. The Morgan fingerprint density at radius 2 is 2.32 bits per heavy atom. The van der Waals surface area contributed by atoms with Gasteiger partial charge < -0.3 is 5.32 Å². The Morgan fingerprint density at radius 1 is 1.47 bits per heavy atom. The number of nitrogens with zero attached hydrogens (tertiary/aromatic N) is 1. The summed E-state index contributed by atoms with van der Waals surface area (Å²) in [4.78, 5) is 5.73. The number of thiophene rings is 1. The van der Waals surface area contributed by atoms with E-state index >= 15 is 0 Å². The van der Waals surface area contributed by atoms with Crippen molar-refractivity contribution in [2.75, 3.05) is 5.32 Å². The summed E-state index contributed by atoms with van der Waals surface area (Å²) in [7, 11) is 0.